The molecule has 1 saturated heterocycles. The molecule has 1 atom stereocenters. The number of carbonyl (C=O) groups excluding carboxylic acids is 3. The van der Waals surface area contributed by atoms with Crippen molar-refractivity contribution in [1.29, 1.82) is 0 Å². The van der Waals surface area contributed by atoms with E-state index in [0.29, 0.717) is 5.02 Å². The summed E-state index contributed by atoms with van der Waals surface area (Å²) >= 11 is 5.78. The van der Waals surface area contributed by atoms with Crippen molar-refractivity contribution < 1.29 is 14.4 Å². The maximum Gasteiger partial charge on any atom is 0.330 e. The van der Waals surface area contributed by atoms with Crippen LogP contribution in [0.5, 0.6) is 0 Å². The first-order chi connectivity index (χ1) is 10.0. The Balaban J connectivity index is 0.00000106. The number of urea groups is 1. The Labute approximate surface area is 129 Å². The fourth-order valence-corrected chi connectivity index (χ4v) is 2.12. The smallest absolute Gasteiger partial charge is 0.277 e. The van der Waals surface area contributed by atoms with Crippen LogP contribution in [-0.2, 0) is 16.0 Å². The minimum Gasteiger partial charge on any atom is -0.277 e. The van der Waals surface area contributed by atoms with Gasteiger partial charge in [-0.3, -0.25) is 19.8 Å². The molecule has 1 N–H and O–H groups in total. The van der Waals surface area contributed by atoms with E-state index in [2.05, 4.69) is 5.32 Å². The first kappa shape index (κ1) is 17.2. The van der Waals surface area contributed by atoms with Crippen LogP contribution in [0.25, 0.3) is 0 Å². The van der Waals surface area contributed by atoms with Gasteiger partial charge < -0.3 is 0 Å². The third kappa shape index (κ3) is 4.04. The molecule has 0 radical (unpaired) electrons. The van der Waals surface area contributed by atoms with Gasteiger partial charge in [-0.2, -0.15) is 0 Å². The summed E-state index contributed by atoms with van der Waals surface area (Å²) in [6.45, 7) is 5.93. The van der Waals surface area contributed by atoms with Gasteiger partial charge in [0.2, 0.25) is 11.8 Å². The van der Waals surface area contributed by atoms with Crippen molar-refractivity contribution in [2.45, 2.75) is 27.2 Å². The normalized spacial score (nSPS) is 18.0. The van der Waals surface area contributed by atoms with Gasteiger partial charge in [-0.05, 0) is 31.0 Å². The topological polar surface area (TPSA) is 66.5 Å². The summed E-state index contributed by atoms with van der Waals surface area (Å²) in [7, 11) is 0. The molecule has 5 nitrogen and oxygen atoms in total. The minimum atomic E-state index is -0.862. The molecular weight excluding hydrogens is 292 g/mol. The maximum atomic E-state index is 12.1. The average molecular weight is 311 g/mol. The van der Waals surface area contributed by atoms with E-state index in [1.54, 1.807) is 31.2 Å². The SMILES string of the molecule is CC.CCN1C(=O)NC(=O)C(Cc2ccc(Cl)cc2)C1=O. The van der Waals surface area contributed by atoms with Gasteiger partial charge in [0.15, 0.2) is 0 Å². The lowest BCUT2D eigenvalue weighted by Gasteiger charge is -2.29. The Bertz CT molecular complexity index is 528. The van der Waals surface area contributed by atoms with Gasteiger partial charge in [-0.15, -0.1) is 0 Å². The van der Waals surface area contributed by atoms with Gasteiger partial charge in [0.25, 0.3) is 0 Å². The first-order valence-corrected chi connectivity index (χ1v) is 7.31. The molecule has 0 bridgehead atoms. The van der Waals surface area contributed by atoms with Crippen molar-refractivity contribution in [3.8, 4) is 0 Å². The molecule has 2 rings (SSSR count). The summed E-state index contributed by atoms with van der Waals surface area (Å²) in [5.74, 6) is -1.86. The zero-order chi connectivity index (χ0) is 16.0. The largest absolute Gasteiger partial charge is 0.330 e. The lowest BCUT2D eigenvalue weighted by molar-refractivity contribution is -0.142. The molecule has 0 spiro atoms. The summed E-state index contributed by atoms with van der Waals surface area (Å²) in [6, 6.07) is 6.27. The molecule has 0 aliphatic carbocycles. The Hall–Kier alpha value is -1.88. The molecule has 1 unspecified atom stereocenters. The van der Waals surface area contributed by atoms with Crippen LogP contribution in [-0.4, -0.2) is 29.3 Å². The molecule has 6 heteroatoms. The molecule has 4 amide bonds. The molecule has 114 valence electrons. The maximum absolute atomic E-state index is 12.1. The van der Waals surface area contributed by atoms with E-state index in [1.807, 2.05) is 13.8 Å². The standard InChI is InChI=1S/C13H13ClN2O3.C2H6/c1-2-16-12(18)10(11(17)15-13(16)19)7-8-3-5-9(14)6-4-8;1-2/h3-6,10H,2,7H2,1H3,(H,15,17,19);1-2H3. The zero-order valence-electron chi connectivity index (χ0n) is 12.4. The average Bonchev–Trinajstić information content (AvgIpc) is 2.48. The number of carbonyl (C=O) groups is 3. The van der Waals surface area contributed by atoms with Crippen LogP contribution in [0.2, 0.25) is 5.02 Å². The van der Waals surface area contributed by atoms with E-state index in [4.69, 9.17) is 11.6 Å². The van der Waals surface area contributed by atoms with E-state index in [9.17, 15) is 14.4 Å². The Morgan fingerprint density at radius 1 is 1.14 bits per heavy atom. The summed E-state index contributed by atoms with van der Waals surface area (Å²) in [4.78, 5) is 36.3. The molecule has 1 aliphatic heterocycles. The molecule has 1 aliphatic rings. The minimum absolute atomic E-state index is 0.245. The van der Waals surface area contributed by atoms with Gasteiger partial charge in [-0.1, -0.05) is 37.6 Å². The van der Waals surface area contributed by atoms with Crippen molar-refractivity contribution in [2.24, 2.45) is 5.92 Å². The molecule has 1 fully saturated rings. The van der Waals surface area contributed by atoms with Gasteiger partial charge in [0.05, 0.1) is 0 Å². The van der Waals surface area contributed by atoms with Crippen LogP contribution in [0.4, 0.5) is 4.79 Å². The number of benzene rings is 1. The van der Waals surface area contributed by atoms with E-state index in [0.717, 1.165) is 10.5 Å². The molecule has 0 aromatic heterocycles. The number of barbiturate groups is 1. The number of rotatable bonds is 3. The highest BCUT2D eigenvalue weighted by Gasteiger charge is 2.39. The van der Waals surface area contributed by atoms with Crippen molar-refractivity contribution >= 4 is 29.4 Å². The molecular formula is C15H19ClN2O3. The van der Waals surface area contributed by atoms with Crippen molar-refractivity contribution in [2.75, 3.05) is 6.54 Å². The lowest BCUT2D eigenvalue weighted by Crippen LogP contribution is -2.58. The first-order valence-electron chi connectivity index (χ1n) is 6.93. The predicted octanol–water partition coefficient (Wildman–Crippen LogP) is 2.62. The van der Waals surface area contributed by atoms with E-state index < -0.39 is 23.8 Å². The lowest BCUT2D eigenvalue weighted by atomic mass is 9.95. The van der Waals surface area contributed by atoms with Crippen LogP contribution in [0.1, 0.15) is 26.3 Å². The number of nitrogens with zero attached hydrogens (tertiary/aromatic N) is 1. The number of halogens is 1. The number of nitrogens with one attached hydrogen (secondary N) is 1. The second kappa shape index (κ2) is 7.78. The fourth-order valence-electron chi connectivity index (χ4n) is 2.00. The van der Waals surface area contributed by atoms with Crippen LogP contribution < -0.4 is 5.32 Å². The summed E-state index contributed by atoms with van der Waals surface area (Å²) < 4.78 is 0. The number of imide groups is 2. The molecule has 1 aromatic rings. The molecule has 0 saturated carbocycles. The Morgan fingerprint density at radius 3 is 2.24 bits per heavy atom. The van der Waals surface area contributed by atoms with E-state index in [-0.39, 0.29) is 13.0 Å². The quantitative estimate of drug-likeness (QED) is 0.873. The van der Waals surface area contributed by atoms with Crippen LogP contribution >= 0.6 is 11.6 Å². The third-order valence-electron chi connectivity index (χ3n) is 3.03. The molecule has 21 heavy (non-hydrogen) atoms. The second-order valence-corrected chi connectivity index (χ2v) is 4.70. The third-order valence-corrected chi connectivity index (χ3v) is 3.28. The predicted molar refractivity (Wildman–Crippen MR) is 80.9 cm³/mol. The van der Waals surface area contributed by atoms with Crippen molar-refractivity contribution in [3.63, 3.8) is 0 Å². The Kier molecular flexibility index (Phi) is 6.37. The molecule has 1 aromatic carbocycles. The highest BCUT2D eigenvalue weighted by atomic mass is 35.5. The fraction of sp³-hybridized carbons (Fsp3) is 0.400. The highest BCUT2D eigenvalue weighted by molar-refractivity contribution is 6.30. The number of amides is 4. The van der Waals surface area contributed by atoms with Crippen molar-refractivity contribution in [1.82, 2.24) is 10.2 Å². The second-order valence-electron chi connectivity index (χ2n) is 4.26. The van der Waals surface area contributed by atoms with Crippen LogP contribution in [0.15, 0.2) is 24.3 Å². The Morgan fingerprint density at radius 2 is 1.71 bits per heavy atom. The van der Waals surface area contributed by atoms with E-state index in [1.165, 1.54) is 0 Å². The van der Waals surface area contributed by atoms with Crippen LogP contribution in [0.3, 0.4) is 0 Å². The monoisotopic (exact) mass is 310 g/mol. The van der Waals surface area contributed by atoms with E-state index >= 15 is 0 Å². The summed E-state index contributed by atoms with van der Waals surface area (Å²) in [5, 5.41) is 2.78. The zero-order valence-corrected chi connectivity index (χ0v) is 13.1. The molecule has 1 heterocycles. The van der Waals surface area contributed by atoms with Gasteiger partial charge in [0.1, 0.15) is 5.92 Å². The summed E-state index contributed by atoms with van der Waals surface area (Å²) in [5.41, 5.74) is 0.823. The number of hydrogen-bond acceptors (Lipinski definition) is 3. The number of hydrogen-bond donors (Lipinski definition) is 1. The highest BCUT2D eigenvalue weighted by Crippen LogP contribution is 2.18. The summed E-state index contributed by atoms with van der Waals surface area (Å²) in [6.07, 6.45) is 0.256. The van der Waals surface area contributed by atoms with Gasteiger partial charge in [-0.25, -0.2) is 4.79 Å². The van der Waals surface area contributed by atoms with Crippen molar-refractivity contribution in [3.05, 3.63) is 34.9 Å². The van der Waals surface area contributed by atoms with Crippen LogP contribution in [0, 0.1) is 5.92 Å². The van der Waals surface area contributed by atoms with Gasteiger partial charge in [0, 0.05) is 11.6 Å². The van der Waals surface area contributed by atoms with Gasteiger partial charge >= 0.3 is 6.03 Å².